The van der Waals surface area contributed by atoms with E-state index >= 15 is 0 Å². The van der Waals surface area contributed by atoms with E-state index in [9.17, 15) is 9.90 Å². The molecular weight excluding hydrogens is 382 g/mol. The van der Waals surface area contributed by atoms with Crippen molar-refractivity contribution in [1.82, 2.24) is 0 Å². The van der Waals surface area contributed by atoms with Gasteiger partial charge in [-0.2, -0.15) is 0 Å². The second-order valence-corrected chi connectivity index (χ2v) is 8.08. The second kappa shape index (κ2) is 8.30. The number of hydrogen-bond acceptors (Lipinski definition) is 2. The first-order valence-electron chi connectivity index (χ1n) is 9.65. The molecule has 0 fully saturated rings. The Morgan fingerprint density at radius 3 is 2.03 bits per heavy atom. The van der Waals surface area contributed by atoms with Gasteiger partial charge >= 0.3 is 5.97 Å². The number of carboxylic acid groups (broad SMARTS) is 1. The Balaban J connectivity index is 1.90. The van der Waals surface area contributed by atoms with Gasteiger partial charge in [0.15, 0.2) is 0 Å². The molecule has 0 unspecified atom stereocenters. The number of carbonyl (C=O) groups is 1. The highest BCUT2D eigenvalue weighted by Crippen LogP contribution is 2.30. The van der Waals surface area contributed by atoms with Gasteiger partial charge in [-0.15, -0.1) is 0 Å². The van der Waals surface area contributed by atoms with Gasteiger partial charge in [-0.3, -0.25) is 0 Å². The molecule has 0 aliphatic heterocycles. The van der Waals surface area contributed by atoms with Crippen molar-refractivity contribution in [3.63, 3.8) is 0 Å². The van der Waals surface area contributed by atoms with Crippen molar-refractivity contribution in [3.8, 4) is 11.1 Å². The molecule has 150 valence electrons. The number of anilines is 1. The lowest BCUT2D eigenvalue weighted by Crippen LogP contribution is -2.07. The molecule has 0 spiro atoms. The maximum absolute atomic E-state index is 11.5. The van der Waals surface area contributed by atoms with Crippen molar-refractivity contribution in [1.29, 1.82) is 0 Å². The predicted octanol–water partition coefficient (Wildman–Crippen LogP) is 7.11. The molecule has 0 aliphatic carbocycles. The summed E-state index contributed by atoms with van der Waals surface area (Å²) in [6.07, 6.45) is 0. The van der Waals surface area contributed by atoms with Gasteiger partial charge in [0.25, 0.3) is 0 Å². The molecule has 29 heavy (non-hydrogen) atoms. The lowest BCUT2D eigenvalue weighted by atomic mass is 9.95. The van der Waals surface area contributed by atoms with Crippen molar-refractivity contribution >= 4 is 23.3 Å². The van der Waals surface area contributed by atoms with Crippen LogP contribution in [0.1, 0.15) is 51.1 Å². The Kier molecular flexibility index (Phi) is 5.99. The third kappa shape index (κ3) is 4.46. The maximum Gasteiger partial charge on any atom is 0.336 e. The summed E-state index contributed by atoms with van der Waals surface area (Å²) in [4.78, 5) is 11.5. The molecule has 0 saturated carbocycles. The van der Waals surface area contributed by atoms with E-state index in [1.165, 1.54) is 5.56 Å². The molecule has 2 N–H and O–H groups in total. The topological polar surface area (TPSA) is 49.3 Å². The van der Waals surface area contributed by atoms with Crippen LogP contribution in [0.4, 0.5) is 5.69 Å². The van der Waals surface area contributed by atoms with Crippen LogP contribution in [0.15, 0.2) is 48.5 Å². The molecule has 0 amide bonds. The van der Waals surface area contributed by atoms with E-state index in [-0.39, 0.29) is 6.04 Å². The van der Waals surface area contributed by atoms with Gasteiger partial charge in [0.1, 0.15) is 0 Å². The number of hydrogen-bond donors (Lipinski definition) is 2. The van der Waals surface area contributed by atoms with Crippen LogP contribution >= 0.6 is 11.6 Å². The van der Waals surface area contributed by atoms with E-state index in [0.717, 1.165) is 44.1 Å². The summed E-state index contributed by atoms with van der Waals surface area (Å²) in [5, 5.41) is 13.8. The van der Waals surface area contributed by atoms with Gasteiger partial charge in [0.2, 0.25) is 0 Å². The van der Waals surface area contributed by atoms with E-state index in [4.69, 9.17) is 11.6 Å². The van der Waals surface area contributed by atoms with E-state index < -0.39 is 5.97 Å². The summed E-state index contributed by atoms with van der Waals surface area (Å²) in [7, 11) is 0. The van der Waals surface area contributed by atoms with Crippen molar-refractivity contribution in [2.75, 3.05) is 5.32 Å². The molecule has 0 saturated heterocycles. The molecule has 3 aromatic rings. The highest BCUT2D eigenvalue weighted by atomic mass is 35.5. The minimum Gasteiger partial charge on any atom is -0.478 e. The standard InChI is InChI=1S/C25H26ClNO2/c1-14-9-21(10-15(2)23(14)25(28)29)19-7-6-8-22(13-19)27-18(5)20-11-16(3)24(26)17(4)12-20/h6-13,18,27H,1-5H3,(H,28,29)/t18-/m1/s1. The van der Waals surface area contributed by atoms with E-state index in [1.54, 1.807) is 0 Å². The first kappa shape index (κ1) is 20.9. The molecule has 0 aromatic heterocycles. The highest BCUT2D eigenvalue weighted by molar-refractivity contribution is 6.32. The molecule has 3 aromatic carbocycles. The zero-order valence-corrected chi connectivity index (χ0v) is 18.2. The second-order valence-electron chi connectivity index (χ2n) is 7.71. The van der Waals surface area contributed by atoms with E-state index in [1.807, 2.05) is 58.0 Å². The van der Waals surface area contributed by atoms with Gasteiger partial charge in [-0.25, -0.2) is 4.79 Å². The van der Waals surface area contributed by atoms with Gasteiger partial charge in [0, 0.05) is 16.8 Å². The minimum absolute atomic E-state index is 0.123. The molecule has 0 radical (unpaired) electrons. The third-order valence-corrected chi connectivity index (χ3v) is 5.88. The summed E-state index contributed by atoms with van der Waals surface area (Å²) < 4.78 is 0. The number of rotatable bonds is 5. The monoisotopic (exact) mass is 407 g/mol. The molecule has 3 nitrogen and oxygen atoms in total. The summed E-state index contributed by atoms with van der Waals surface area (Å²) >= 11 is 6.30. The molecule has 0 bridgehead atoms. The zero-order chi connectivity index (χ0) is 21.3. The molecular formula is C25H26ClNO2. The van der Waals surface area contributed by atoms with E-state index in [0.29, 0.717) is 5.56 Å². The van der Waals surface area contributed by atoms with Gasteiger partial charge in [-0.1, -0.05) is 48.0 Å². The van der Waals surface area contributed by atoms with Crippen molar-refractivity contribution in [2.45, 2.75) is 40.7 Å². The summed E-state index contributed by atoms with van der Waals surface area (Å²) in [6, 6.07) is 16.4. The van der Waals surface area contributed by atoms with Crippen LogP contribution in [0.25, 0.3) is 11.1 Å². The number of aryl methyl sites for hydroxylation is 4. The Hall–Kier alpha value is -2.78. The summed E-state index contributed by atoms with van der Waals surface area (Å²) in [5.74, 6) is -0.885. The van der Waals surface area contributed by atoms with Crippen LogP contribution < -0.4 is 5.32 Å². The Morgan fingerprint density at radius 1 is 0.897 bits per heavy atom. The minimum atomic E-state index is -0.885. The van der Waals surface area contributed by atoms with Crippen LogP contribution in [0.3, 0.4) is 0 Å². The largest absolute Gasteiger partial charge is 0.478 e. The van der Waals surface area contributed by atoms with Crippen molar-refractivity contribution in [3.05, 3.63) is 86.9 Å². The maximum atomic E-state index is 11.5. The van der Waals surface area contributed by atoms with Crippen LogP contribution in [-0.4, -0.2) is 11.1 Å². The van der Waals surface area contributed by atoms with Crippen molar-refractivity contribution < 1.29 is 9.90 Å². The highest BCUT2D eigenvalue weighted by Gasteiger charge is 2.14. The molecule has 3 rings (SSSR count). The SMILES string of the molecule is Cc1cc([C@@H](C)Nc2cccc(-c3cc(C)c(C(=O)O)c(C)c3)c2)cc(C)c1Cl. The van der Waals surface area contributed by atoms with Crippen LogP contribution in [0, 0.1) is 27.7 Å². The first-order valence-corrected chi connectivity index (χ1v) is 10.0. The number of halogens is 1. The molecule has 4 heteroatoms. The van der Waals surface area contributed by atoms with Crippen LogP contribution in [-0.2, 0) is 0 Å². The molecule has 0 aliphatic rings. The Labute approximate surface area is 177 Å². The van der Waals surface area contributed by atoms with Crippen LogP contribution in [0.5, 0.6) is 0 Å². The number of aromatic carboxylic acids is 1. The third-order valence-electron chi connectivity index (χ3n) is 5.28. The Bertz CT molecular complexity index is 1040. The van der Waals surface area contributed by atoms with Gasteiger partial charge in [0.05, 0.1) is 5.56 Å². The quantitative estimate of drug-likeness (QED) is 0.473. The average molecular weight is 408 g/mol. The number of benzene rings is 3. The molecule has 1 atom stereocenters. The number of carboxylic acids is 1. The fourth-order valence-corrected chi connectivity index (χ4v) is 3.93. The zero-order valence-electron chi connectivity index (χ0n) is 17.4. The summed E-state index contributed by atoms with van der Waals surface area (Å²) in [6.45, 7) is 9.87. The predicted molar refractivity (Wildman–Crippen MR) is 121 cm³/mol. The van der Waals surface area contributed by atoms with Crippen molar-refractivity contribution in [2.24, 2.45) is 0 Å². The fraction of sp³-hybridized carbons (Fsp3) is 0.240. The molecule has 0 heterocycles. The summed E-state index contributed by atoms with van der Waals surface area (Å²) in [5.41, 5.74) is 8.34. The number of nitrogens with one attached hydrogen (secondary N) is 1. The fourth-order valence-electron chi connectivity index (χ4n) is 3.82. The average Bonchev–Trinajstić information content (AvgIpc) is 2.65. The van der Waals surface area contributed by atoms with Gasteiger partial charge in [-0.05, 0) is 85.7 Å². The Morgan fingerprint density at radius 2 is 1.48 bits per heavy atom. The normalized spacial score (nSPS) is 11.9. The first-order chi connectivity index (χ1) is 13.7. The van der Waals surface area contributed by atoms with Crippen LogP contribution in [0.2, 0.25) is 5.02 Å². The lowest BCUT2D eigenvalue weighted by Gasteiger charge is -2.19. The van der Waals surface area contributed by atoms with E-state index in [2.05, 4.69) is 30.4 Å². The van der Waals surface area contributed by atoms with Gasteiger partial charge < -0.3 is 10.4 Å². The smallest absolute Gasteiger partial charge is 0.336 e. The lowest BCUT2D eigenvalue weighted by molar-refractivity contribution is 0.0695.